The van der Waals surface area contributed by atoms with E-state index >= 15 is 0 Å². The van der Waals surface area contributed by atoms with Gasteiger partial charge < -0.3 is 5.11 Å². The SMILES string of the molecule is CC.OCCc1cc2ccccc2s1. The molecule has 1 N–H and O–H groups in total. The van der Waals surface area contributed by atoms with Gasteiger partial charge in [0.15, 0.2) is 0 Å². The second-order valence-electron chi connectivity index (χ2n) is 2.72. The van der Waals surface area contributed by atoms with E-state index in [0.717, 1.165) is 6.42 Å². The van der Waals surface area contributed by atoms with E-state index in [0.29, 0.717) is 0 Å². The maximum absolute atomic E-state index is 8.75. The van der Waals surface area contributed by atoms with E-state index in [1.807, 2.05) is 26.0 Å². The molecule has 1 heterocycles. The number of aliphatic hydroxyl groups excluding tert-OH is 1. The van der Waals surface area contributed by atoms with E-state index in [4.69, 9.17) is 5.11 Å². The number of benzene rings is 1. The molecule has 2 rings (SSSR count). The van der Waals surface area contributed by atoms with Gasteiger partial charge in [0.1, 0.15) is 0 Å². The van der Waals surface area contributed by atoms with Crippen LogP contribution >= 0.6 is 11.3 Å². The molecule has 0 unspecified atom stereocenters. The molecule has 1 nitrogen and oxygen atoms in total. The third kappa shape index (κ3) is 2.56. The topological polar surface area (TPSA) is 20.2 Å². The molecular weight excluding hydrogens is 192 g/mol. The van der Waals surface area contributed by atoms with Crippen molar-refractivity contribution in [2.75, 3.05) is 6.61 Å². The zero-order chi connectivity index (χ0) is 10.4. The Balaban J connectivity index is 0.000000461. The van der Waals surface area contributed by atoms with Crippen molar-refractivity contribution in [2.24, 2.45) is 0 Å². The molecule has 76 valence electrons. The van der Waals surface area contributed by atoms with Crippen molar-refractivity contribution in [3.63, 3.8) is 0 Å². The first-order chi connectivity index (χ1) is 6.90. The van der Waals surface area contributed by atoms with Gasteiger partial charge in [-0.15, -0.1) is 11.3 Å². The van der Waals surface area contributed by atoms with Crippen LogP contribution in [0.15, 0.2) is 30.3 Å². The van der Waals surface area contributed by atoms with Gasteiger partial charge in [0.25, 0.3) is 0 Å². The number of fused-ring (bicyclic) bond motifs is 1. The smallest absolute Gasteiger partial charge is 0.0479 e. The quantitative estimate of drug-likeness (QED) is 0.801. The van der Waals surface area contributed by atoms with Gasteiger partial charge in [-0.2, -0.15) is 0 Å². The molecule has 0 aliphatic rings. The van der Waals surface area contributed by atoms with Crippen LogP contribution in [0.4, 0.5) is 0 Å². The van der Waals surface area contributed by atoms with Crippen LogP contribution in [0, 0.1) is 0 Å². The highest BCUT2D eigenvalue weighted by Gasteiger charge is 1.98. The molecule has 1 aromatic heterocycles. The number of hydrogen-bond donors (Lipinski definition) is 1. The Hall–Kier alpha value is -0.860. The van der Waals surface area contributed by atoms with Gasteiger partial charge in [-0.05, 0) is 17.5 Å². The molecule has 0 saturated carbocycles. The van der Waals surface area contributed by atoms with Crippen molar-refractivity contribution in [3.8, 4) is 0 Å². The monoisotopic (exact) mass is 208 g/mol. The molecule has 14 heavy (non-hydrogen) atoms. The molecule has 0 aliphatic heterocycles. The fourth-order valence-corrected chi connectivity index (χ4v) is 2.32. The van der Waals surface area contributed by atoms with Crippen LogP contribution in [0.3, 0.4) is 0 Å². The molecule has 0 saturated heterocycles. The van der Waals surface area contributed by atoms with E-state index in [-0.39, 0.29) is 6.61 Å². The molecule has 0 bridgehead atoms. The summed E-state index contributed by atoms with van der Waals surface area (Å²) in [4.78, 5) is 1.26. The first kappa shape index (κ1) is 11.2. The first-order valence-corrected chi connectivity index (χ1v) is 5.80. The summed E-state index contributed by atoms with van der Waals surface area (Å²) in [6, 6.07) is 10.4. The summed E-state index contributed by atoms with van der Waals surface area (Å²) in [7, 11) is 0. The van der Waals surface area contributed by atoms with Gasteiger partial charge in [0.2, 0.25) is 0 Å². The molecule has 0 atom stereocenters. The second kappa shape index (κ2) is 5.78. The molecule has 2 aromatic rings. The Morgan fingerprint density at radius 3 is 2.57 bits per heavy atom. The van der Waals surface area contributed by atoms with Crippen molar-refractivity contribution in [1.29, 1.82) is 0 Å². The average Bonchev–Trinajstić information content (AvgIpc) is 2.63. The fraction of sp³-hybridized carbons (Fsp3) is 0.333. The largest absolute Gasteiger partial charge is 0.396 e. The highest BCUT2D eigenvalue weighted by atomic mass is 32.1. The van der Waals surface area contributed by atoms with Crippen molar-refractivity contribution in [2.45, 2.75) is 20.3 Å². The minimum absolute atomic E-state index is 0.243. The van der Waals surface area contributed by atoms with Gasteiger partial charge in [0, 0.05) is 22.6 Å². The minimum atomic E-state index is 0.243. The molecule has 0 spiro atoms. The van der Waals surface area contributed by atoms with Crippen molar-refractivity contribution in [3.05, 3.63) is 35.2 Å². The van der Waals surface area contributed by atoms with E-state index in [1.165, 1.54) is 15.0 Å². The van der Waals surface area contributed by atoms with Gasteiger partial charge in [-0.25, -0.2) is 0 Å². The van der Waals surface area contributed by atoms with Crippen LogP contribution in [0.1, 0.15) is 18.7 Å². The van der Waals surface area contributed by atoms with Crippen LogP contribution in [0.5, 0.6) is 0 Å². The molecular formula is C12H16OS. The fourth-order valence-electron chi connectivity index (χ4n) is 1.27. The van der Waals surface area contributed by atoms with E-state index in [9.17, 15) is 0 Å². The van der Waals surface area contributed by atoms with Gasteiger partial charge >= 0.3 is 0 Å². The van der Waals surface area contributed by atoms with Crippen molar-refractivity contribution in [1.82, 2.24) is 0 Å². The summed E-state index contributed by atoms with van der Waals surface area (Å²) < 4.78 is 1.31. The molecule has 0 aliphatic carbocycles. The Labute approximate surface area is 89.0 Å². The Kier molecular flexibility index (Phi) is 4.63. The van der Waals surface area contributed by atoms with Gasteiger partial charge in [-0.3, -0.25) is 0 Å². The molecule has 0 amide bonds. The Morgan fingerprint density at radius 1 is 1.21 bits per heavy atom. The van der Waals surface area contributed by atoms with Crippen molar-refractivity contribution < 1.29 is 5.11 Å². The number of rotatable bonds is 2. The predicted molar refractivity (Wildman–Crippen MR) is 64.0 cm³/mol. The third-order valence-corrected chi connectivity index (χ3v) is 3.01. The summed E-state index contributed by atoms with van der Waals surface area (Å²) in [5.41, 5.74) is 0. The lowest BCUT2D eigenvalue weighted by molar-refractivity contribution is 0.300. The minimum Gasteiger partial charge on any atom is -0.396 e. The third-order valence-electron chi connectivity index (χ3n) is 1.83. The summed E-state index contributed by atoms with van der Waals surface area (Å²) >= 11 is 1.76. The maximum atomic E-state index is 8.75. The lowest BCUT2D eigenvalue weighted by atomic mass is 10.2. The summed E-state index contributed by atoms with van der Waals surface area (Å²) in [6.45, 7) is 4.24. The molecule has 0 fully saturated rings. The molecule has 1 aromatic carbocycles. The number of thiophene rings is 1. The number of hydrogen-bond acceptors (Lipinski definition) is 2. The zero-order valence-corrected chi connectivity index (χ0v) is 9.47. The number of aliphatic hydroxyl groups is 1. The van der Waals surface area contributed by atoms with E-state index < -0.39 is 0 Å². The Morgan fingerprint density at radius 2 is 1.93 bits per heavy atom. The summed E-state index contributed by atoms with van der Waals surface area (Å²) in [6.07, 6.45) is 0.777. The van der Waals surface area contributed by atoms with Crippen LogP contribution in [-0.2, 0) is 6.42 Å². The average molecular weight is 208 g/mol. The highest BCUT2D eigenvalue weighted by Crippen LogP contribution is 2.25. The van der Waals surface area contributed by atoms with Crippen molar-refractivity contribution >= 4 is 21.4 Å². The van der Waals surface area contributed by atoms with Crippen LogP contribution in [0.2, 0.25) is 0 Å². The summed E-state index contributed by atoms with van der Waals surface area (Å²) in [5.74, 6) is 0. The van der Waals surface area contributed by atoms with Crippen LogP contribution in [0.25, 0.3) is 10.1 Å². The van der Waals surface area contributed by atoms with Gasteiger partial charge in [0.05, 0.1) is 0 Å². The van der Waals surface area contributed by atoms with Gasteiger partial charge in [-0.1, -0.05) is 32.0 Å². The Bertz CT molecular complexity index is 345. The normalized spacial score (nSPS) is 9.64. The van der Waals surface area contributed by atoms with Crippen LogP contribution in [-0.4, -0.2) is 11.7 Å². The summed E-state index contributed by atoms with van der Waals surface area (Å²) in [5, 5.41) is 10.0. The molecule has 0 radical (unpaired) electrons. The first-order valence-electron chi connectivity index (χ1n) is 4.98. The second-order valence-corrected chi connectivity index (χ2v) is 3.89. The standard InChI is InChI=1S/C10H10OS.C2H6/c11-6-5-9-7-8-3-1-2-4-10(8)12-9;1-2/h1-4,7,11H,5-6H2;1-2H3. The van der Waals surface area contributed by atoms with E-state index in [1.54, 1.807) is 11.3 Å². The molecule has 2 heteroatoms. The predicted octanol–water partition coefficient (Wildman–Crippen LogP) is 3.46. The lowest BCUT2D eigenvalue weighted by Gasteiger charge is -1.86. The van der Waals surface area contributed by atoms with E-state index in [2.05, 4.69) is 18.2 Å². The highest BCUT2D eigenvalue weighted by molar-refractivity contribution is 7.19. The van der Waals surface area contributed by atoms with Crippen LogP contribution < -0.4 is 0 Å². The lowest BCUT2D eigenvalue weighted by Crippen LogP contribution is -1.84. The zero-order valence-electron chi connectivity index (χ0n) is 8.66. The maximum Gasteiger partial charge on any atom is 0.0479 e.